The van der Waals surface area contributed by atoms with Crippen LogP contribution in [-0.4, -0.2) is 46.0 Å². The molecule has 0 atom stereocenters. The van der Waals surface area contributed by atoms with Crippen molar-refractivity contribution >= 4 is 15.6 Å². The molecule has 1 rings (SSSR count). The minimum Gasteiger partial charge on any atom is -0.491 e. The first-order chi connectivity index (χ1) is 10.2. The first-order valence-electron chi connectivity index (χ1n) is 5.91. The molecule has 0 heterocycles. The average molecular weight is 358 g/mol. The summed E-state index contributed by atoms with van der Waals surface area (Å²) in [5.74, 6) is 0.876. The summed E-state index contributed by atoms with van der Waals surface area (Å²) >= 11 is 0. The van der Waals surface area contributed by atoms with E-state index in [1.807, 2.05) is 0 Å². The molecule has 1 aromatic carbocycles. The van der Waals surface area contributed by atoms with Gasteiger partial charge in [0.25, 0.3) is 0 Å². The van der Waals surface area contributed by atoms with Crippen LogP contribution in [-0.2, 0) is 18.2 Å². The molecule has 0 aliphatic carbocycles. The van der Waals surface area contributed by atoms with Crippen LogP contribution in [0.25, 0.3) is 0 Å². The van der Waals surface area contributed by atoms with Crippen molar-refractivity contribution in [1.29, 1.82) is 0 Å². The molecule has 126 valence electrons. The number of hydrogen-bond donors (Lipinski definition) is 4. The van der Waals surface area contributed by atoms with Crippen LogP contribution < -0.4 is 9.47 Å². The van der Waals surface area contributed by atoms with E-state index in [9.17, 15) is 9.13 Å². The van der Waals surface area contributed by atoms with Crippen LogP contribution in [0.2, 0.25) is 0 Å². The number of benzene rings is 1. The Hall–Kier alpha value is -0.960. The summed E-state index contributed by atoms with van der Waals surface area (Å²) in [6, 6.07) is 6.21. The van der Waals surface area contributed by atoms with Crippen LogP contribution >= 0.6 is 15.6 Å². The zero-order chi connectivity index (χ0) is 16.6. The molecule has 0 saturated heterocycles. The highest BCUT2D eigenvalue weighted by Crippen LogP contribution is 2.35. The van der Waals surface area contributed by atoms with Crippen molar-refractivity contribution in [3.05, 3.63) is 24.3 Å². The Morgan fingerprint density at radius 1 is 0.682 bits per heavy atom. The van der Waals surface area contributed by atoms with Crippen molar-refractivity contribution in [2.24, 2.45) is 0 Å². The second-order valence-corrected chi connectivity index (χ2v) is 6.29. The lowest BCUT2D eigenvalue weighted by Gasteiger charge is -2.10. The molecule has 0 bridgehead atoms. The zero-order valence-electron chi connectivity index (χ0n) is 11.3. The quantitative estimate of drug-likeness (QED) is 0.347. The lowest BCUT2D eigenvalue weighted by molar-refractivity contribution is 0.158. The Bertz CT molecular complexity index is 484. The summed E-state index contributed by atoms with van der Waals surface area (Å²) in [6.07, 6.45) is 0. The van der Waals surface area contributed by atoms with E-state index in [0.29, 0.717) is 11.5 Å². The third kappa shape index (κ3) is 9.88. The molecule has 0 unspecified atom stereocenters. The van der Waals surface area contributed by atoms with E-state index < -0.39 is 15.6 Å². The van der Waals surface area contributed by atoms with Gasteiger partial charge in [-0.3, -0.25) is 9.05 Å². The predicted octanol–water partition coefficient (Wildman–Crippen LogP) is 0.663. The molecule has 22 heavy (non-hydrogen) atoms. The fourth-order valence-electron chi connectivity index (χ4n) is 1.26. The Balaban J connectivity index is 2.25. The maximum absolute atomic E-state index is 10.4. The van der Waals surface area contributed by atoms with Crippen molar-refractivity contribution in [2.75, 3.05) is 26.4 Å². The topological polar surface area (TPSA) is 152 Å². The van der Waals surface area contributed by atoms with Crippen molar-refractivity contribution in [2.45, 2.75) is 0 Å². The standard InChI is InChI=1S/C10H16O10P2/c11-21(12,13)19-7-5-17-9-1-2-10(4-3-9)18-6-8-20-22(14,15)16/h1-4H,5-8H2,(H2,11,12,13)(H2,14,15,16). The molecule has 0 aliphatic rings. The predicted molar refractivity (Wildman–Crippen MR) is 73.4 cm³/mol. The minimum atomic E-state index is -4.49. The Labute approximate surface area is 126 Å². The van der Waals surface area contributed by atoms with E-state index in [4.69, 9.17) is 29.0 Å². The largest absolute Gasteiger partial charge is 0.491 e. The van der Waals surface area contributed by atoms with Crippen molar-refractivity contribution < 1.29 is 47.2 Å². The molecular weight excluding hydrogens is 342 g/mol. The molecule has 0 fully saturated rings. The molecule has 1 aromatic rings. The number of phosphoric acid groups is 2. The summed E-state index contributed by atoms with van der Waals surface area (Å²) in [4.78, 5) is 33.8. The van der Waals surface area contributed by atoms with Crippen LogP contribution in [0, 0.1) is 0 Å². The molecule has 4 N–H and O–H groups in total. The van der Waals surface area contributed by atoms with Gasteiger partial charge in [0.1, 0.15) is 24.7 Å². The van der Waals surface area contributed by atoms with Gasteiger partial charge in [0.2, 0.25) is 0 Å². The molecule has 0 amide bonds. The molecule has 0 aromatic heterocycles. The molecule has 0 radical (unpaired) electrons. The van der Waals surface area contributed by atoms with E-state index in [1.165, 1.54) is 0 Å². The summed E-state index contributed by atoms with van der Waals surface area (Å²) < 4.78 is 39.6. The van der Waals surface area contributed by atoms with Crippen LogP contribution in [0.15, 0.2) is 24.3 Å². The molecule has 0 saturated carbocycles. The van der Waals surface area contributed by atoms with Crippen LogP contribution in [0.3, 0.4) is 0 Å². The highest BCUT2D eigenvalue weighted by molar-refractivity contribution is 7.46. The maximum atomic E-state index is 10.4. The maximum Gasteiger partial charge on any atom is 0.469 e. The summed E-state index contributed by atoms with van der Waals surface area (Å²) in [5, 5.41) is 0. The fourth-order valence-corrected chi connectivity index (χ4v) is 1.89. The number of phosphoric ester groups is 2. The minimum absolute atomic E-state index is 0.0402. The first kappa shape index (κ1) is 19.1. The van der Waals surface area contributed by atoms with Gasteiger partial charge in [0, 0.05) is 0 Å². The molecule has 0 spiro atoms. The summed E-state index contributed by atoms with van der Waals surface area (Å²) in [7, 11) is -8.98. The van der Waals surface area contributed by atoms with Gasteiger partial charge >= 0.3 is 15.6 Å². The highest BCUT2D eigenvalue weighted by atomic mass is 31.2. The van der Waals surface area contributed by atoms with Crippen LogP contribution in [0.4, 0.5) is 0 Å². The lowest BCUT2D eigenvalue weighted by Crippen LogP contribution is -2.06. The van der Waals surface area contributed by atoms with E-state index in [2.05, 4.69) is 9.05 Å². The van der Waals surface area contributed by atoms with Gasteiger partial charge in [-0.15, -0.1) is 0 Å². The number of hydrogen-bond acceptors (Lipinski definition) is 6. The van der Waals surface area contributed by atoms with E-state index >= 15 is 0 Å². The second kappa shape index (κ2) is 8.61. The van der Waals surface area contributed by atoms with Gasteiger partial charge in [-0.1, -0.05) is 0 Å². The Morgan fingerprint density at radius 2 is 1.00 bits per heavy atom. The number of ether oxygens (including phenoxy) is 2. The summed E-state index contributed by atoms with van der Waals surface area (Å²) in [6.45, 7) is -0.604. The lowest BCUT2D eigenvalue weighted by atomic mass is 10.3. The van der Waals surface area contributed by atoms with Crippen molar-refractivity contribution in [3.63, 3.8) is 0 Å². The second-order valence-electron chi connectivity index (χ2n) is 3.82. The molecular formula is C10H16O10P2. The Kier molecular flexibility index (Phi) is 7.47. The van der Waals surface area contributed by atoms with Crippen molar-refractivity contribution in [1.82, 2.24) is 0 Å². The third-order valence-corrected chi connectivity index (χ3v) is 3.08. The van der Waals surface area contributed by atoms with Gasteiger partial charge in [-0.05, 0) is 24.3 Å². The van der Waals surface area contributed by atoms with E-state index in [1.54, 1.807) is 24.3 Å². The molecule has 10 nitrogen and oxygen atoms in total. The third-order valence-electron chi connectivity index (χ3n) is 2.05. The van der Waals surface area contributed by atoms with Crippen molar-refractivity contribution in [3.8, 4) is 11.5 Å². The number of rotatable bonds is 10. The Morgan fingerprint density at radius 3 is 1.27 bits per heavy atom. The van der Waals surface area contributed by atoms with Crippen LogP contribution in [0.1, 0.15) is 0 Å². The SMILES string of the molecule is O=P(O)(O)OCCOc1ccc(OCCOP(=O)(O)O)cc1. The highest BCUT2D eigenvalue weighted by Gasteiger charge is 2.13. The van der Waals surface area contributed by atoms with E-state index in [0.717, 1.165) is 0 Å². The smallest absolute Gasteiger partial charge is 0.469 e. The monoisotopic (exact) mass is 358 g/mol. The zero-order valence-corrected chi connectivity index (χ0v) is 13.1. The normalized spacial score (nSPS) is 12.2. The first-order valence-corrected chi connectivity index (χ1v) is 8.98. The molecule has 0 aliphatic heterocycles. The van der Waals surface area contributed by atoms with Gasteiger partial charge in [0.15, 0.2) is 0 Å². The average Bonchev–Trinajstić information content (AvgIpc) is 2.39. The van der Waals surface area contributed by atoms with Gasteiger partial charge in [-0.25, -0.2) is 9.13 Å². The van der Waals surface area contributed by atoms with Gasteiger partial charge in [-0.2, -0.15) is 0 Å². The van der Waals surface area contributed by atoms with Gasteiger partial charge in [0.05, 0.1) is 13.2 Å². The van der Waals surface area contributed by atoms with Gasteiger partial charge < -0.3 is 29.0 Å². The molecule has 12 heteroatoms. The van der Waals surface area contributed by atoms with Crippen LogP contribution in [0.5, 0.6) is 11.5 Å². The van der Waals surface area contributed by atoms with E-state index in [-0.39, 0.29) is 26.4 Å². The summed E-state index contributed by atoms with van der Waals surface area (Å²) in [5.41, 5.74) is 0. The fraction of sp³-hybridized carbons (Fsp3) is 0.400.